The summed E-state index contributed by atoms with van der Waals surface area (Å²) < 4.78 is 16.4. The minimum atomic E-state index is 0.549. The van der Waals surface area contributed by atoms with Gasteiger partial charge in [-0.25, -0.2) is 4.98 Å². The quantitative estimate of drug-likeness (QED) is 0.343. The van der Waals surface area contributed by atoms with Crippen LogP contribution in [0.2, 0.25) is 0 Å². The zero-order valence-electron chi connectivity index (χ0n) is 16.3. The van der Waals surface area contributed by atoms with E-state index in [0.29, 0.717) is 31.6 Å². The third-order valence-electron chi connectivity index (χ3n) is 4.15. The van der Waals surface area contributed by atoms with Gasteiger partial charge in [-0.3, -0.25) is 4.99 Å². The molecule has 2 heterocycles. The van der Waals surface area contributed by atoms with Crippen LogP contribution in [-0.4, -0.2) is 94.6 Å². The van der Waals surface area contributed by atoms with Crippen molar-refractivity contribution >= 4 is 27.8 Å². The number of anilines is 1. The summed E-state index contributed by atoms with van der Waals surface area (Å²) in [5, 5.41) is 3.40. The first-order valence-electron chi connectivity index (χ1n) is 9.03. The van der Waals surface area contributed by atoms with Gasteiger partial charge in [-0.2, -0.15) is 4.98 Å². The number of rotatable bonds is 9. The fraction of sp³-hybridized carbons (Fsp3) is 0.706. The smallest absolute Gasteiger partial charge is 0.232 e. The first kappa shape index (κ1) is 21.6. The van der Waals surface area contributed by atoms with E-state index < -0.39 is 0 Å². The molecule has 1 fully saturated rings. The van der Waals surface area contributed by atoms with Crippen molar-refractivity contribution in [3.8, 4) is 5.88 Å². The van der Waals surface area contributed by atoms with Crippen molar-refractivity contribution in [3.05, 3.63) is 10.7 Å². The third-order valence-corrected chi connectivity index (χ3v) is 4.69. The lowest BCUT2D eigenvalue weighted by Crippen LogP contribution is -2.53. The van der Waals surface area contributed by atoms with Crippen molar-refractivity contribution in [2.45, 2.75) is 6.42 Å². The number of hydrogen-bond donors (Lipinski definition) is 1. The van der Waals surface area contributed by atoms with E-state index in [2.05, 4.69) is 46.0 Å². The molecular formula is C17H29BrN6O3. The summed E-state index contributed by atoms with van der Waals surface area (Å²) in [5.41, 5.74) is 0. The van der Waals surface area contributed by atoms with Crippen molar-refractivity contribution in [2.24, 2.45) is 4.99 Å². The summed E-state index contributed by atoms with van der Waals surface area (Å²) in [6, 6.07) is 0. The van der Waals surface area contributed by atoms with Gasteiger partial charge in [0.1, 0.15) is 0 Å². The van der Waals surface area contributed by atoms with Gasteiger partial charge in [0, 0.05) is 53.5 Å². The molecule has 2 rings (SSSR count). The van der Waals surface area contributed by atoms with Crippen LogP contribution in [0.4, 0.5) is 5.95 Å². The van der Waals surface area contributed by atoms with Gasteiger partial charge in [0.15, 0.2) is 5.96 Å². The number of ether oxygens (including phenoxy) is 3. The van der Waals surface area contributed by atoms with Crippen molar-refractivity contribution in [2.75, 3.05) is 78.7 Å². The van der Waals surface area contributed by atoms with Crippen LogP contribution in [0.1, 0.15) is 6.42 Å². The van der Waals surface area contributed by atoms with Crippen molar-refractivity contribution in [3.63, 3.8) is 0 Å². The Balaban J connectivity index is 1.75. The summed E-state index contributed by atoms with van der Waals surface area (Å²) in [6.07, 6.45) is 2.65. The molecule has 0 amide bonds. The lowest BCUT2D eigenvalue weighted by Gasteiger charge is -2.36. The minimum Gasteiger partial charge on any atom is -0.480 e. The third kappa shape index (κ3) is 6.78. The van der Waals surface area contributed by atoms with Gasteiger partial charge >= 0.3 is 0 Å². The fourth-order valence-electron chi connectivity index (χ4n) is 2.71. The van der Waals surface area contributed by atoms with Crippen LogP contribution < -0.4 is 15.0 Å². The predicted octanol–water partition coefficient (Wildman–Crippen LogP) is 0.998. The van der Waals surface area contributed by atoms with Crippen LogP contribution in [0.5, 0.6) is 5.88 Å². The maximum Gasteiger partial charge on any atom is 0.232 e. The Morgan fingerprint density at radius 1 is 1.22 bits per heavy atom. The maximum absolute atomic E-state index is 5.47. The molecule has 0 radical (unpaired) electrons. The van der Waals surface area contributed by atoms with E-state index in [1.54, 1.807) is 20.4 Å². The zero-order chi connectivity index (χ0) is 19.5. The summed E-state index contributed by atoms with van der Waals surface area (Å²) >= 11 is 3.38. The predicted molar refractivity (Wildman–Crippen MR) is 109 cm³/mol. The number of piperazine rings is 1. The SMILES string of the molecule is CN=C(NCCCOCCOC)N1CCN(c2ncc(Br)c(OC)n2)CC1. The summed E-state index contributed by atoms with van der Waals surface area (Å²) in [5.74, 6) is 2.15. The van der Waals surface area contributed by atoms with Gasteiger partial charge in [0.05, 0.1) is 31.0 Å². The molecule has 0 spiro atoms. The topological polar surface area (TPSA) is 84.3 Å². The van der Waals surface area contributed by atoms with Crippen LogP contribution in [0.25, 0.3) is 0 Å². The average Bonchev–Trinajstić information content (AvgIpc) is 2.71. The van der Waals surface area contributed by atoms with Crippen molar-refractivity contribution < 1.29 is 14.2 Å². The molecule has 1 aromatic heterocycles. The molecule has 1 aliphatic rings. The monoisotopic (exact) mass is 444 g/mol. The number of hydrogen-bond acceptors (Lipinski definition) is 7. The molecule has 0 aromatic carbocycles. The van der Waals surface area contributed by atoms with Gasteiger partial charge < -0.3 is 29.3 Å². The molecule has 0 unspecified atom stereocenters. The Kier molecular flexibility index (Phi) is 9.57. The van der Waals surface area contributed by atoms with Gasteiger partial charge in [0.25, 0.3) is 0 Å². The van der Waals surface area contributed by atoms with E-state index in [-0.39, 0.29) is 0 Å². The van der Waals surface area contributed by atoms with E-state index in [1.807, 2.05) is 7.05 Å². The van der Waals surface area contributed by atoms with Gasteiger partial charge in [-0.05, 0) is 22.4 Å². The van der Waals surface area contributed by atoms with E-state index in [1.165, 1.54) is 0 Å². The summed E-state index contributed by atoms with van der Waals surface area (Å²) in [6.45, 7) is 6.16. The second kappa shape index (κ2) is 11.9. The molecule has 0 atom stereocenters. The van der Waals surface area contributed by atoms with Crippen LogP contribution in [0, 0.1) is 0 Å². The molecule has 1 N–H and O–H groups in total. The molecule has 9 nitrogen and oxygen atoms in total. The lowest BCUT2D eigenvalue weighted by molar-refractivity contribution is 0.0698. The van der Waals surface area contributed by atoms with E-state index >= 15 is 0 Å². The maximum atomic E-state index is 5.47. The number of nitrogens with one attached hydrogen (secondary N) is 1. The highest BCUT2D eigenvalue weighted by molar-refractivity contribution is 9.10. The Bertz CT molecular complexity index is 596. The molecule has 0 bridgehead atoms. The highest BCUT2D eigenvalue weighted by Crippen LogP contribution is 2.23. The number of aromatic nitrogens is 2. The van der Waals surface area contributed by atoms with Gasteiger partial charge in [-0.15, -0.1) is 0 Å². The lowest BCUT2D eigenvalue weighted by atomic mass is 10.3. The van der Waals surface area contributed by atoms with Crippen molar-refractivity contribution in [1.82, 2.24) is 20.2 Å². The fourth-order valence-corrected chi connectivity index (χ4v) is 3.06. The minimum absolute atomic E-state index is 0.549. The normalized spacial score (nSPS) is 15.2. The Hall–Kier alpha value is -1.65. The highest BCUT2D eigenvalue weighted by atomic mass is 79.9. The van der Waals surface area contributed by atoms with Gasteiger partial charge in [-0.1, -0.05) is 0 Å². The molecule has 10 heteroatoms. The summed E-state index contributed by atoms with van der Waals surface area (Å²) in [4.78, 5) is 17.6. The second-order valence-corrected chi connectivity index (χ2v) is 6.79. The molecule has 1 aliphatic heterocycles. The van der Waals surface area contributed by atoms with Crippen LogP contribution in [0.15, 0.2) is 15.7 Å². The Labute approximate surface area is 169 Å². The number of aliphatic imine (C=N–C) groups is 1. The Morgan fingerprint density at radius 3 is 2.67 bits per heavy atom. The molecule has 0 aliphatic carbocycles. The van der Waals surface area contributed by atoms with E-state index in [0.717, 1.165) is 49.6 Å². The molecule has 1 saturated heterocycles. The van der Waals surface area contributed by atoms with E-state index in [9.17, 15) is 0 Å². The number of guanidine groups is 1. The zero-order valence-corrected chi connectivity index (χ0v) is 17.9. The van der Waals surface area contributed by atoms with Crippen LogP contribution in [-0.2, 0) is 9.47 Å². The number of methoxy groups -OCH3 is 2. The molecule has 1 aromatic rings. The highest BCUT2D eigenvalue weighted by Gasteiger charge is 2.22. The van der Waals surface area contributed by atoms with Crippen molar-refractivity contribution in [1.29, 1.82) is 0 Å². The molecule has 27 heavy (non-hydrogen) atoms. The van der Waals surface area contributed by atoms with Gasteiger partial charge in [0.2, 0.25) is 11.8 Å². The average molecular weight is 445 g/mol. The van der Waals surface area contributed by atoms with E-state index in [4.69, 9.17) is 14.2 Å². The largest absolute Gasteiger partial charge is 0.480 e. The number of nitrogens with zero attached hydrogens (tertiary/aromatic N) is 5. The molecular weight excluding hydrogens is 416 g/mol. The number of halogens is 1. The molecule has 152 valence electrons. The molecule has 0 saturated carbocycles. The first-order valence-corrected chi connectivity index (χ1v) is 9.82. The summed E-state index contributed by atoms with van der Waals surface area (Å²) in [7, 11) is 5.09. The van der Waals surface area contributed by atoms with Crippen LogP contribution >= 0.6 is 15.9 Å². The Morgan fingerprint density at radius 2 is 2.00 bits per heavy atom. The first-order chi connectivity index (χ1) is 13.2. The van der Waals surface area contributed by atoms with Crippen LogP contribution in [0.3, 0.4) is 0 Å². The second-order valence-electron chi connectivity index (χ2n) is 5.93. The standard InChI is InChI=1S/C17H29BrN6O3/c1-19-16(20-5-4-10-27-12-11-25-2)23-6-8-24(9-7-23)17-21-13-14(18)15(22-17)26-3/h13H,4-12H2,1-3H3,(H,19,20).